The van der Waals surface area contributed by atoms with Crippen LogP contribution in [0.2, 0.25) is 0 Å². The molecule has 0 aliphatic heterocycles. The molecule has 0 spiro atoms. The maximum atomic E-state index is 12.3. The van der Waals surface area contributed by atoms with Crippen LogP contribution in [0.15, 0.2) is 84.9 Å². The van der Waals surface area contributed by atoms with Crippen molar-refractivity contribution in [2.24, 2.45) is 5.73 Å². The van der Waals surface area contributed by atoms with Crippen LogP contribution in [0.5, 0.6) is 0 Å². The summed E-state index contributed by atoms with van der Waals surface area (Å²) in [6.45, 7) is 0.499. The second-order valence-electron chi connectivity index (χ2n) is 10.1. The van der Waals surface area contributed by atoms with E-state index in [0.717, 1.165) is 49.7 Å². The highest BCUT2D eigenvalue weighted by Gasteiger charge is 2.13. The van der Waals surface area contributed by atoms with Gasteiger partial charge in [-0.25, -0.2) is 4.79 Å². The van der Waals surface area contributed by atoms with Gasteiger partial charge in [-0.1, -0.05) is 91.3 Å². The number of hydrogen-bond acceptors (Lipinski definition) is 5. The fourth-order valence-corrected chi connectivity index (χ4v) is 4.46. The topological polar surface area (TPSA) is 111 Å². The molecule has 3 aromatic carbocycles. The molecule has 40 heavy (non-hydrogen) atoms. The van der Waals surface area contributed by atoms with E-state index in [2.05, 4.69) is 41.1 Å². The van der Waals surface area contributed by atoms with Gasteiger partial charge < -0.3 is 15.9 Å². The Morgan fingerprint density at radius 1 is 0.700 bits per heavy atom. The Bertz CT molecular complexity index is 1180. The highest BCUT2D eigenvalue weighted by atomic mass is 16.7. The van der Waals surface area contributed by atoms with Crippen LogP contribution in [0.4, 0.5) is 0 Å². The minimum Gasteiger partial charge on any atom is -0.355 e. The number of unbranched alkanes of at least 4 members (excludes halogenated alkanes) is 3. The van der Waals surface area contributed by atoms with Crippen LogP contribution in [0.1, 0.15) is 60.8 Å². The molecule has 0 fully saturated rings. The van der Waals surface area contributed by atoms with Crippen molar-refractivity contribution in [3.8, 4) is 0 Å². The van der Waals surface area contributed by atoms with E-state index in [1.54, 1.807) is 0 Å². The van der Waals surface area contributed by atoms with Crippen molar-refractivity contribution in [2.45, 2.75) is 70.3 Å². The lowest BCUT2D eigenvalue weighted by molar-refractivity contribution is -0.158. The Hall–Kier alpha value is -3.97. The molecule has 0 radical (unpaired) electrons. The molecule has 2 amide bonds. The molecule has 0 aliphatic rings. The van der Waals surface area contributed by atoms with Gasteiger partial charge in [0, 0.05) is 13.0 Å². The van der Waals surface area contributed by atoms with Crippen molar-refractivity contribution < 1.29 is 19.2 Å². The quantitative estimate of drug-likeness (QED) is 0.180. The Labute approximate surface area is 237 Å². The summed E-state index contributed by atoms with van der Waals surface area (Å²) in [5.74, 6) is -1.02. The summed E-state index contributed by atoms with van der Waals surface area (Å²) in [7, 11) is 0. The second-order valence-corrected chi connectivity index (χ2v) is 10.1. The maximum absolute atomic E-state index is 12.3. The normalized spacial score (nSPS) is 11.4. The summed E-state index contributed by atoms with van der Waals surface area (Å²) in [6.07, 6.45) is 7.13. The van der Waals surface area contributed by atoms with Gasteiger partial charge in [0.25, 0.3) is 5.91 Å². The predicted octanol–water partition coefficient (Wildman–Crippen LogP) is 4.62. The van der Waals surface area contributed by atoms with Crippen molar-refractivity contribution >= 4 is 17.8 Å². The third kappa shape index (κ3) is 12.3. The van der Waals surface area contributed by atoms with Crippen LogP contribution in [0, 0.1) is 0 Å². The Morgan fingerprint density at radius 3 is 2.05 bits per heavy atom. The SMILES string of the molecule is N[C@@H](Cc1ccccc1)C(=O)NCCCCCC(=O)ONC(=O)Cc1cccc(CCCCc2ccccc2)c1. The van der Waals surface area contributed by atoms with Crippen molar-refractivity contribution in [3.63, 3.8) is 0 Å². The number of hydroxylamine groups is 1. The number of benzene rings is 3. The standard InChI is InChI=1S/C33H41N3O4/c34-30(24-28-16-6-2-7-17-28)33(39)35-22-11-3-8-21-32(38)40-36-31(37)25-29-20-12-19-27(23-29)18-10-9-15-26-13-4-1-5-14-26/h1-2,4-7,12-14,16-17,19-20,23,30H,3,8-11,15,18,21-22,24-25,34H2,(H,35,39)(H,36,37)/t30-/m0/s1. The van der Waals surface area contributed by atoms with Gasteiger partial charge in [-0.3, -0.25) is 9.59 Å². The van der Waals surface area contributed by atoms with Gasteiger partial charge in [0.2, 0.25) is 5.91 Å². The summed E-state index contributed by atoms with van der Waals surface area (Å²) >= 11 is 0. The number of hydrogen-bond donors (Lipinski definition) is 3. The van der Waals surface area contributed by atoms with Crippen LogP contribution in [0.25, 0.3) is 0 Å². The number of rotatable bonds is 16. The fraction of sp³-hybridized carbons (Fsp3) is 0.364. The maximum Gasteiger partial charge on any atom is 0.332 e. The molecule has 0 bridgehead atoms. The molecule has 212 valence electrons. The Balaban J connectivity index is 1.22. The van der Waals surface area contributed by atoms with Crippen molar-refractivity contribution in [1.82, 2.24) is 10.8 Å². The molecule has 4 N–H and O–H groups in total. The van der Waals surface area contributed by atoms with Gasteiger partial charge in [0.05, 0.1) is 12.5 Å². The molecule has 0 unspecified atom stereocenters. The lowest BCUT2D eigenvalue weighted by Crippen LogP contribution is -2.42. The van der Waals surface area contributed by atoms with Gasteiger partial charge >= 0.3 is 5.97 Å². The largest absolute Gasteiger partial charge is 0.355 e. The van der Waals surface area contributed by atoms with Gasteiger partial charge in [-0.15, -0.1) is 0 Å². The number of amides is 2. The van der Waals surface area contributed by atoms with E-state index in [9.17, 15) is 14.4 Å². The molecule has 1 atom stereocenters. The predicted molar refractivity (Wildman–Crippen MR) is 157 cm³/mol. The number of carbonyl (C=O) groups excluding carboxylic acids is 3. The molecule has 3 rings (SSSR count). The number of nitrogens with two attached hydrogens (primary N) is 1. The summed E-state index contributed by atoms with van der Waals surface area (Å²) in [5, 5.41) is 2.84. The smallest absolute Gasteiger partial charge is 0.332 e. The van der Waals surface area contributed by atoms with E-state index in [-0.39, 0.29) is 24.7 Å². The lowest BCUT2D eigenvalue weighted by Gasteiger charge is -2.12. The van der Waals surface area contributed by atoms with E-state index in [4.69, 9.17) is 10.6 Å². The monoisotopic (exact) mass is 543 g/mol. The van der Waals surface area contributed by atoms with Gasteiger partial charge in [0.1, 0.15) is 0 Å². The van der Waals surface area contributed by atoms with E-state index in [1.807, 2.05) is 54.6 Å². The minimum absolute atomic E-state index is 0.150. The first-order valence-corrected chi connectivity index (χ1v) is 14.2. The molecular weight excluding hydrogens is 502 g/mol. The van der Waals surface area contributed by atoms with Gasteiger partial charge in [-0.05, 0) is 67.2 Å². The summed E-state index contributed by atoms with van der Waals surface area (Å²) in [6, 6.07) is 27.5. The number of carbonyl (C=O) groups is 3. The Kier molecular flexibility index (Phi) is 13.4. The first-order valence-electron chi connectivity index (χ1n) is 14.2. The first-order chi connectivity index (χ1) is 19.5. The molecular formula is C33H41N3O4. The van der Waals surface area contributed by atoms with Crippen molar-refractivity contribution in [2.75, 3.05) is 6.54 Å². The minimum atomic E-state index is -0.589. The molecule has 0 aromatic heterocycles. The first kappa shape index (κ1) is 30.6. The lowest BCUT2D eigenvalue weighted by atomic mass is 10.0. The van der Waals surface area contributed by atoms with E-state index in [0.29, 0.717) is 19.4 Å². The van der Waals surface area contributed by atoms with Crippen LogP contribution in [-0.2, 0) is 44.9 Å². The van der Waals surface area contributed by atoms with E-state index in [1.165, 1.54) is 11.1 Å². The highest BCUT2D eigenvalue weighted by Crippen LogP contribution is 2.12. The molecule has 0 heterocycles. The third-order valence-electron chi connectivity index (χ3n) is 6.65. The molecule has 7 heteroatoms. The average molecular weight is 544 g/mol. The van der Waals surface area contributed by atoms with E-state index < -0.39 is 12.0 Å². The summed E-state index contributed by atoms with van der Waals surface area (Å²) < 4.78 is 0. The zero-order valence-corrected chi connectivity index (χ0v) is 23.1. The van der Waals surface area contributed by atoms with E-state index >= 15 is 0 Å². The van der Waals surface area contributed by atoms with Crippen LogP contribution >= 0.6 is 0 Å². The average Bonchev–Trinajstić information content (AvgIpc) is 2.97. The van der Waals surface area contributed by atoms with Crippen LogP contribution in [-0.4, -0.2) is 30.4 Å². The van der Waals surface area contributed by atoms with Crippen LogP contribution in [0.3, 0.4) is 0 Å². The highest BCUT2D eigenvalue weighted by molar-refractivity contribution is 5.81. The van der Waals surface area contributed by atoms with Crippen molar-refractivity contribution in [1.29, 1.82) is 0 Å². The summed E-state index contributed by atoms with van der Waals surface area (Å²) in [5.41, 5.74) is 12.7. The number of nitrogens with one attached hydrogen (secondary N) is 2. The zero-order valence-electron chi connectivity index (χ0n) is 23.1. The summed E-state index contributed by atoms with van der Waals surface area (Å²) in [4.78, 5) is 41.3. The Morgan fingerprint density at radius 2 is 1.32 bits per heavy atom. The van der Waals surface area contributed by atoms with Gasteiger partial charge in [0.15, 0.2) is 0 Å². The second kappa shape index (κ2) is 17.6. The molecule has 0 saturated heterocycles. The molecule has 0 aliphatic carbocycles. The zero-order chi connectivity index (χ0) is 28.4. The fourth-order valence-electron chi connectivity index (χ4n) is 4.46. The number of aryl methyl sites for hydroxylation is 2. The van der Waals surface area contributed by atoms with Crippen LogP contribution < -0.4 is 16.5 Å². The van der Waals surface area contributed by atoms with Crippen molar-refractivity contribution in [3.05, 3.63) is 107 Å². The van der Waals surface area contributed by atoms with Gasteiger partial charge in [-0.2, -0.15) is 5.48 Å². The molecule has 3 aromatic rings. The molecule has 7 nitrogen and oxygen atoms in total. The third-order valence-corrected chi connectivity index (χ3v) is 6.65. The molecule has 0 saturated carbocycles.